The first-order valence-corrected chi connectivity index (χ1v) is 7.78. The van der Waals surface area contributed by atoms with Gasteiger partial charge in [0.05, 0.1) is 0 Å². The summed E-state index contributed by atoms with van der Waals surface area (Å²) >= 11 is 0. The predicted octanol–water partition coefficient (Wildman–Crippen LogP) is 3.08. The van der Waals surface area contributed by atoms with E-state index in [0.29, 0.717) is 5.56 Å². The summed E-state index contributed by atoms with van der Waals surface area (Å²) in [5.41, 5.74) is 9.22. The number of hydrogen-bond donors (Lipinski definition) is 3. The number of anilines is 3. The van der Waals surface area contributed by atoms with Crippen molar-refractivity contribution in [3.05, 3.63) is 65.9 Å². The van der Waals surface area contributed by atoms with Gasteiger partial charge in [0.1, 0.15) is 0 Å². The maximum Gasteiger partial charge on any atom is 0.281 e. The fourth-order valence-electron chi connectivity index (χ4n) is 2.69. The Kier molecular flexibility index (Phi) is 3.46. The minimum atomic E-state index is -0.317. The SMILES string of the molecule is Cc1cccc(C(=O)n2nc(Nc3ccc4[nH]ccc4c3)nc2N)c1. The van der Waals surface area contributed by atoms with Crippen LogP contribution in [0.5, 0.6) is 0 Å². The molecule has 7 heteroatoms. The van der Waals surface area contributed by atoms with Crippen LogP contribution in [0.3, 0.4) is 0 Å². The number of nitrogens with two attached hydrogens (primary N) is 1. The van der Waals surface area contributed by atoms with Crippen LogP contribution in [0.4, 0.5) is 17.6 Å². The maximum atomic E-state index is 12.6. The number of aromatic amines is 1. The Morgan fingerprint density at radius 2 is 2.08 bits per heavy atom. The van der Waals surface area contributed by atoms with Crippen LogP contribution in [0, 0.1) is 6.92 Å². The van der Waals surface area contributed by atoms with Gasteiger partial charge in [0, 0.05) is 28.4 Å². The van der Waals surface area contributed by atoms with E-state index in [1.54, 1.807) is 12.1 Å². The topological polar surface area (TPSA) is 102 Å². The van der Waals surface area contributed by atoms with Gasteiger partial charge in [0.25, 0.3) is 5.91 Å². The Labute approximate surface area is 143 Å². The number of carbonyl (C=O) groups excluding carboxylic acids is 1. The van der Waals surface area contributed by atoms with Gasteiger partial charge in [-0.1, -0.05) is 17.7 Å². The molecule has 124 valence electrons. The fraction of sp³-hybridized carbons (Fsp3) is 0.0556. The molecule has 0 saturated carbocycles. The Morgan fingerprint density at radius 3 is 2.92 bits per heavy atom. The summed E-state index contributed by atoms with van der Waals surface area (Å²) in [4.78, 5) is 19.8. The van der Waals surface area contributed by atoms with Crippen LogP contribution in [0.25, 0.3) is 10.9 Å². The lowest BCUT2D eigenvalue weighted by atomic mass is 10.1. The lowest BCUT2D eigenvalue weighted by Gasteiger charge is -2.03. The zero-order chi connectivity index (χ0) is 17.4. The molecule has 0 bridgehead atoms. The van der Waals surface area contributed by atoms with E-state index in [0.717, 1.165) is 26.8 Å². The van der Waals surface area contributed by atoms with E-state index in [9.17, 15) is 4.79 Å². The monoisotopic (exact) mass is 332 g/mol. The van der Waals surface area contributed by atoms with Crippen molar-refractivity contribution in [2.45, 2.75) is 6.92 Å². The highest BCUT2D eigenvalue weighted by molar-refractivity contribution is 5.97. The highest BCUT2D eigenvalue weighted by Crippen LogP contribution is 2.21. The molecule has 25 heavy (non-hydrogen) atoms. The van der Waals surface area contributed by atoms with Crippen LogP contribution >= 0.6 is 0 Å². The minimum absolute atomic E-state index is 0.0386. The molecular weight excluding hydrogens is 316 g/mol. The number of aromatic nitrogens is 4. The summed E-state index contributed by atoms with van der Waals surface area (Å²) in [6.45, 7) is 1.92. The number of carbonyl (C=O) groups is 1. The molecule has 4 aromatic rings. The minimum Gasteiger partial charge on any atom is -0.368 e. The average molecular weight is 332 g/mol. The van der Waals surface area contributed by atoms with Crippen molar-refractivity contribution >= 4 is 34.4 Å². The van der Waals surface area contributed by atoms with Crippen molar-refractivity contribution in [1.29, 1.82) is 0 Å². The van der Waals surface area contributed by atoms with Gasteiger partial charge < -0.3 is 16.0 Å². The molecule has 7 nitrogen and oxygen atoms in total. The second kappa shape index (κ2) is 5.79. The van der Waals surface area contributed by atoms with Gasteiger partial charge in [-0.05, 0) is 43.3 Å². The van der Waals surface area contributed by atoms with E-state index >= 15 is 0 Å². The molecule has 2 heterocycles. The quantitative estimate of drug-likeness (QED) is 0.535. The number of benzene rings is 2. The molecule has 0 atom stereocenters. The highest BCUT2D eigenvalue weighted by Gasteiger charge is 2.16. The van der Waals surface area contributed by atoms with Gasteiger partial charge in [0.2, 0.25) is 11.9 Å². The smallest absolute Gasteiger partial charge is 0.281 e. The lowest BCUT2D eigenvalue weighted by Crippen LogP contribution is -2.16. The molecular formula is C18H16N6O. The molecule has 0 amide bonds. The largest absolute Gasteiger partial charge is 0.368 e. The molecule has 0 unspecified atom stereocenters. The third-order valence-electron chi connectivity index (χ3n) is 3.90. The molecule has 0 aliphatic rings. The first kappa shape index (κ1) is 14.9. The normalized spacial score (nSPS) is 10.9. The molecule has 4 rings (SSSR count). The zero-order valence-corrected chi connectivity index (χ0v) is 13.5. The number of nitrogens with one attached hydrogen (secondary N) is 2. The first-order chi connectivity index (χ1) is 12.1. The number of nitrogen functional groups attached to an aromatic ring is 1. The van der Waals surface area contributed by atoms with Gasteiger partial charge in [-0.15, -0.1) is 5.10 Å². The number of fused-ring (bicyclic) bond motifs is 1. The maximum absolute atomic E-state index is 12.6. The summed E-state index contributed by atoms with van der Waals surface area (Å²) in [6, 6.07) is 15.0. The van der Waals surface area contributed by atoms with E-state index in [1.807, 2.05) is 49.5 Å². The van der Waals surface area contributed by atoms with E-state index < -0.39 is 0 Å². The standard InChI is InChI=1S/C18H16N6O/c1-11-3-2-4-13(9-11)16(25)24-17(19)22-18(23-24)21-14-5-6-15-12(10-14)7-8-20-15/h2-10,20H,1H3,(H3,19,21,22,23). The van der Waals surface area contributed by atoms with Gasteiger partial charge in [-0.2, -0.15) is 9.67 Å². The van der Waals surface area contributed by atoms with Gasteiger partial charge in [-0.25, -0.2) is 0 Å². The number of hydrogen-bond acceptors (Lipinski definition) is 5. The van der Waals surface area contributed by atoms with E-state index in [-0.39, 0.29) is 17.8 Å². The Hall–Kier alpha value is -3.61. The van der Waals surface area contributed by atoms with Crippen LogP contribution in [-0.2, 0) is 0 Å². The van der Waals surface area contributed by atoms with E-state index in [4.69, 9.17) is 5.73 Å². The number of rotatable bonds is 3. The lowest BCUT2D eigenvalue weighted by molar-refractivity contribution is 0.0948. The van der Waals surface area contributed by atoms with Gasteiger partial charge in [-0.3, -0.25) is 4.79 Å². The molecule has 4 N–H and O–H groups in total. The van der Waals surface area contributed by atoms with Crippen molar-refractivity contribution in [2.75, 3.05) is 11.1 Å². The zero-order valence-electron chi connectivity index (χ0n) is 13.5. The molecule has 0 saturated heterocycles. The van der Waals surface area contributed by atoms with Crippen molar-refractivity contribution < 1.29 is 4.79 Å². The average Bonchev–Trinajstić information content (AvgIpc) is 3.20. The summed E-state index contributed by atoms with van der Waals surface area (Å²) in [5.74, 6) is -0.00652. The molecule has 0 spiro atoms. The third-order valence-corrected chi connectivity index (χ3v) is 3.90. The number of H-pyrrole nitrogens is 1. The van der Waals surface area contributed by atoms with E-state index in [1.165, 1.54) is 0 Å². The summed E-state index contributed by atoms with van der Waals surface area (Å²) in [7, 11) is 0. The molecule has 0 radical (unpaired) electrons. The highest BCUT2D eigenvalue weighted by atomic mass is 16.2. The van der Waals surface area contributed by atoms with Crippen LogP contribution in [0.1, 0.15) is 15.9 Å². The fourth-order valence-corrected chi connectivity index (χ4v) is 2.69. The van der Waals surface area contributed by atoms with Crippen LogP contribution in [-0.4, -0.2) is 25.7 Å². The van der Waals surface area contributed by atoms with Crippen molar-refractivity contribution in [3.63, 3.8) is 0 Å². The molecule has 0 aliphatic heterocycles. The van der Waals surface area contributed by atoms with Crippen molar-refractivity contribution in [1.82, 2.24) is 19.7 Å². The Morgan fingerprint density at radius 1 is 1.20 bits per heavy atom. The second-order valence-corrected chi connectivity index (χ2v) is 5.78. The van der Waals surface area contributed by atoms with Crippen molar-refractivity contribution in [3.8, 4) is 0 Å². The van der Waals surface area contributed by atoms with Crippen LogP contribution < -0.4 is 11.1 Å². The predicted molar refractivity (Wildman–Crippen MR) is 96.9 cm³/mol. The summed E-state index contributed by atoms with van der Waals surface area (Å²) < 4.78 is 1.10. The van der Waals surface area contributed by atoms with Crippen molar-refractivity contribution in [2.24, 2.45) is 0 Å². The first-order valence-electron chi connectivity index (χ1n) is 7.78. The van der Waals surface area contributed by atoms with Gasteiger partial charge >= 0.3 is 0 Å². The molecule has 2 aromatic heterocycles. The second-order valence-electron chi connectivity index (χ2n) is 5.78. The van der Waals surface area contributed by atoms with Crippen LogP contribution in [0.2, 0.25) is 0 Å². The summed E-state index contributed by atoms with van der Waals surface area (Å²) in [5, 5.41) is 8.33. The third kappa shape index (κ3) is 2.83. The molecule has 0 aliphatic carbocycles. The number of aryl methyl sites for hydroxylation is 1. The van der Waals surface area contributed by atoms with Gasteiger partial charge in [0.15, 0.2) is 0 Å². The Bertz CT molecular complexity index is 1080. The van der Waals surface area contributed by atoms with E-state index in [2.05, 4.69) is 20.4 Å². The Balaban J connectivity index is 1.62. The molecule has 2 aromatic carbocycles. The number of nitrogens with zero attached hydrogens (tertiary/aromatic N) is 3. The summed E-state index contributed by atoms with van der Waals surface area (Å²) in [6.07, 6.45) is 1.87. The molecule has 0 fully saturated rings. The van der Waals surface area contributed by atoms with Crippen LogP contribution in [0.15, 0.2) is 54.7 Å².